The summed E-state index contributed by atoms with van der Waals surface area (Å²) in [5.41, 5.74) is 1.24. The molecule has 6 nitrogen and oxygen atoms in total. The molecule has 0 aromatic carbocycles. The molecule has 0 amide bonds. The minimum Gasteiger partial charge on any atom is -0.376 e. The van der Waals surface area contributed by atoms with E-state index in [0.717, 1.165) is 37.9 Å². The molecule has 1 saturated carbocycles. The predicted octanol–water partition coefficient (Wildman–Crippen LogP) is 1.83. The van der Waals surface area contributed by atoms with Crippen LogP contribution in [0.1, 0.15) is 24.8 Å². The van der Waals surface area contributed by atoms with Crippen LogP contribution >= 0.6 is 0 Å². The van der Waals surface area contributed by atoms with Crippen LogP contribution in [0.25, 0.3) is 0 Å². The first kappa shape index (κ1) is 14.6. The SMILES string of the molecule is Cn1cc(C[C@@H]2[C@@H](OCC3CC3)CCN2c2ncccn2)cn1. The van der Waals surface area contributed by atoms with E-state index in [4.69, 9.17) is 4.74 Å². The molecule has 1 aliphatic carbocycles. The van der Waals surface area contributed by atoms with Crippen molar-refractivity contribution in [3.05, 3.63) is 36.4 Å². The van der Waals surface area contributed by atoms with Crippen LogP contribution in [-0.4, -0.2) is 45.0 Å². The molecule has 2 fully saturated rings. The number of anilines is 1. The summed E-state index contributed by atoms with van der Waals surface area (Å²) in [7, 11) is 1.96. The Morgan fingerprint density at radius 3 is 2.74 bits per heavy atom. The Labute approximate surface area is 136 Å². The van der Waals surface area contributed by atoms with E-state index in [1.54, 1.807) is 0 Å². The number of nitrogens with zero attached hydrogens (tertiary/aromatic N) is 5. The summed E-state index contributed by atoms with van der Waals surface area (Å²) in [6.45, 7) is 1.85. The second kappa shape index (κ2) is 6.28. The molecule has 122 valence electrons. The highest BCUT2D eigenvalue weighted by atomic mass is 16.5. The van der Waals surface area contributed by atoms with Gasteiger partial charge in [0.25, 0.3) is 0 Å². The number of aryl methyl sites for hydroxylation is 1. The molecular weight excluding hydrogens is 290 g/mol. The summed E-state index contributed by atoms with van der Waals surface area (Å²) < 4.78 is 8.10. The minimum absolute atomic E-state index is 0.250. The normalized spacial score (nSPS) is 24.3. The lowest BCUT2D eigenvalue weighted by molar-refractivity contribution is 0.0406. The summed E-state index contributed by atoms with van der Waals surface area (Å²) >= 11 is 0. The first-order chi connectivity index (χ1) is 11.3. The number of rotatable bonds is 6. The number of aromatic nitrogens is 4. The molecule has 1 saturated heterocycles. The topological polar surface area (TPSA) is 56.1 Å². The molecular formula is C17H23N5O. The summed E-state index contributed by atoms with van der Waals surface area (Å²) in [4.78, 5) is 11.2. The molecule has 0 radical (unpaired) electrons. The van der Waals surface area contributed by atoms with Gasteiger partial charge in [0, 0.05) is 38.8 Å². The van der Waals surface area contributed by atoms with Gasteiger partial charge in [0.2, 0.25) is 5.95 Å². The Morgan fingerprint density at radius 1 is 1.22 bits per heavy atom. The van der Waals surface area contributed by atoms with E-state index in [2.05, 4.69) is 26.2 Å². The first-order valence-electron chi connectivity index (χ1n) is 8.42. The first-order valence-corrected chi connectivity index (χ1v) is 8.42. The van der Waals surface area contributed by atoms with E-state index in [0.29, 0.717) is 0 Å². The lowest BCUT2D eigenvalue weighted by Crippen LogP contribution is -2.39. The summed E-state index contributed by atoms with van der Waals surface area (Å²) in [5, 5.41) is 4.29. The average Bonchev–Trinajstić information content (AvgIpc) is 3.19. The number of hydrogen-bond donors (Lipinski definition) is 0. The van der Waals surface area contributed by atoms with Crippen LogP contribution in [0.15, 0.2) is 30.9 Å². The molecule has 2 atom stereocenters. The standard InChI is InChI=1S/C17H23N5O/c1-21-11-14(10-20-21)9-15-16(23-12-13-3-4-13)5-8-22(15)17-18-6-2-7-19-17/h2,6-7,10-11,13,15-16H,3-5,8-9,12H2,1H3/t15-,16+/m1/s1. The predicted molar refractivity (Wildman–Crippen MR) is 87.2 cm³/mol. The van der Waals surface area contributed by atoms with Crippen molar-refractivity contribution in [2.24, 2.45) is 13.0 Å². The second-order valence-electron chi connectivity index (χ2n) is 6.64. The van der Waals surface area contributed by atoms with E-state index < -0.39 is 0 Å². The van der Waals surface area contributed by atoms with Gasteiger partial charge in [-0.3, -0.25) is 4.68 Å². The lowest BCUT2D eigenvalue weighted by atomic mass is 10.0. The zero-order valence-electron chi connectivity index (χ0n) is 13.5. The van der Waals surface area contributed by atoms with Gasteiger partial charge in [-0.05, 0) is 43.2 Å². The van der Waals surface area contributed by atoms with Crippen LogP contribution in [-0.2, 0) is 18.2 Å². The smallest absolute Gasteiger partial charge is 0.225 e. The van der Waals surface area contributed by atoms with Gasteiger partial charge in [-0.1, -0.05) is 0 Å². The Kier molecular flexibility index (Phi) is 3.99. The molecule has 6 heteroatoms. The maximum absolute atomic E-state index is 6.25. The Bertz CT molecular complexity index is 639. The fourth-order valence-electron chi connectivity index (χ4n) is 3.31. The van der Waals surface area contributed by atoms with Crippen molar-refractivity contribution < 1.29 is 4.74 Å². The lowest BCUT2D eigenvalue weighted by Gasteiger charge is -2.28. The van der Waals surface area contributed by atoms with Gasteiger partial charge in [-0.25, -0.2) is 9.97 Å². The van der Waals surface area contributed by atoms with E-state index in [9.17, 15) is 0 Å². The van der Waals surface area contributed by atoms with Crippen molar-refractivity contribution in [3.63, 3.8) is 0 Å². The Morgan fingerprint density at radius 2 is 2.04 bits per heavy atom. The van der Waals surface area contributed by atoms with Crippen LogP contribution in [0.5, 0.6) is 0 Å². The molecule has 0 unspecified atom stereocenters. The van der Waals surface area contributed by atoms with Gasteiger partial charge in [0.15, 0.2) is 0 Å². The van der Waals surface area contributed by atoms with Gasteiger partial charge in [-0.2, -0.15) is 5.10 Å². The highest BCUT2D eigenvalue weighted by Crippen LogP contribution is 2.32. The van der Waals surface area contributed by atoms with E-state index in [1.807, 2.05) is 36.4 Å². The molecule has 0 spiro atoms. The molecule has 4 rings (SSSR count). The number of ether oxygens (including phenoxy) is 1. The highest BCUT2D eigenvalue weighted by Gasteiger charge is 2.37. The van der Waals surface area contributed by atoms with Crippen LogP contribution in [0, 0.1) is 5.92 Å². The van der Waals surface area contributed by atoms with Crippen molar-refractivity contribution in [2.45, 2.75) is 37.8 Å². The van der Waals surface area contributed by atoms with Crippen LogP contribution in [0.4, 0.5) is 5.95 Å². The van der Waals surface area contributed by atoms with Gasteiger partial charge < -0.3 is 9.64 Å². The molecule has 2 aliphatic rings. The maximum atomic E-state index is 6.25. The molecule has 2 aromatic rings. The maximum Gasteiger partial charge on any atom is 0.225 e. The van der Waals surface area contributed by atoms with Crippen molar-refractivity contribution in [3.8, 4) is 0 Å². The van der Waals surface area contributed by atoms with Crippen molar-refractivity contribution in [1.29, 1.82) is 0 Å². The minimum atomic E-state index is 0.250. The number of hydrogen-bond acceptors (Lipinski definition) is 5. The summed E-state index contributed by atoms with van der Waals surface area (Å²) in [6, 6.07) is 2.14. The monoisotopic (exact) mass is 313 g/mol. The van der Waals surface area contributed by atoms with Crippen LogP contribution < -0.4 is 4.90 Å². The molecule has 0 N–H and O–H groups in total. The third kappa shape index (κ3) is 3.37. The molecule has 1 aliphatic heterocycles. The third-order valence-electron chi connectivity index (χ3n) is 4.74. The fourth-order valence-corrected chi connectivity index (χ4v) is 3.31. The van der Waals surface area contributed by atoms with Gasteiger partial charge >= 0.3 is 0 Å². The van der Waals surface area contributed by atoms with Crippen LogP contribution in [0.3, 0.4) is 0 Å². The molecule has 3 heterocycles. The Hall–Kier alpha value is -1.95. The Balaban J connectivity index is 1.52. The molecule has 23 heavy (non-hydrogen) atoms. The largest absolute Gasteiger partial charge is 0.376 e. The van der Waals surface area contributed by atoms with Gasteiger partial charge in [-0.15, -0.1) is 0 Å². The van der Waals surface area contributed by atoms with E-state index in [1.165, 1.54) is 18.4 Å². The second-order valence-corrected chi connectivity index (χ2v) is 6.64. The highest BCUT2D eigenvalue weighted by molar-refractivity contribution is 5.35. The van der Waals surface area contributed by atoms with E-state index >= 15 is 0 Å². The van der Waals surface area contributed by atoms with Crippen molar-refractivity contribution in [2.75, 3.05) is 18.1 Å². The summed E-state index contributed by atoms with van der Waals surface area (Å²) in [6.07, 6.45) is 12.5. The van der Waals surface area contributed by atoms with Gasteiger partial charge in [0.05, 0.1) is 18.3 Å². The van der Waals surface area contributed by atoms with Crippen LogP contribution in [0.2, 0.25) is 0 Å². The molecule has 0 bridgehead atoms. The van der Waals surface area contributed by atoms with Crippen molar-refractivity contribution >= 4 is 5.95 Å². The average molecular weight is 313 g/mol. The van der Waals surface area contributed by atoms with Crippen molar-refractivity contribution in [1.82, 2.24) is 19.7 Å². The van der Waals surface area contributed by atoms with E-state index in [-0.39, 0.29) is 12.1 Å². The quantitative estimate of drug-likeness (QED) is 0.814. The zero-order valence-corrected chi connectivity index (χ0v) is 13.5. The van der Waals surface area contributed by atoms with Gasteiger partial charge in [0.1, 0.15) is 0 Å². The zero-order chi connectivity index (χ0) is 15.6. The third-order valence-corrected chi connectivity index (χ3v) is 4.74. The fraction of sp³-hybridized carbons (Fsp3) is 0.588. The molecule has 2 aromatic heterocycles. The summed E-state index contributed by atoms with van der Waals surface area (Å²) in [5.74, 6) is 1.59.